The fourth-order valence-corrected chi connectivity index (χ4v) is 2.53. The van der Waals surface area contributed by atoms with Gasteiger partial charge in [-0.1, -0.05) is 24.8 Å². The van der Waals surface area contributed by atoms with Crippen molar-refractivity contribution >= 4 is 11.6 Å². The van der Waals surface area contributed by atoms with Crippen molar-refractivity contribution in [1.29, 1.82) is 0 Å². The number of nitrogens with one attached hydrogen (secondary N) is 2. The van der Waals surface area contributed by atoms with Crippen molar-refractivity contribution in [2.45, 2.75) is 26.4 Å². The molecule has 2 aromatic carbocycles. The Bertz CT molecular complexity index is 710. The predicted molar refractivity (Wildman–Crippen MR) is 102 cm³/mol. The molecule has 2 aromatic rings. The molecule has 1 unspecified atom stereocenters. The Morgan fingerprint density at radius 1 is 1.28 bits per heavy atom. The molecular formula is C21H27N2O2+. The molecule has 2 N–H and O–H groups in total. The molecule has 0 saturated carbocycles. The number of hydrogen-bond acceptors (Lipinski definition) is 2. The first kappa shape index (κ1) is 18.7. The van der Waals surface area contributed by atoms with Crippen LogP contribution in [0.25, 0.3) is 0 Å². The lowest BCUT2D eigenvalue weighted by molar-refractivity contribution is -0.907. The first-order chi connectivity index (χ1) is 12.0. The minimum absolute atomic E-state index is 0.0223. The standard InChI is InChI=1S/C21H26N2O2/c1-5-13-25-20-11-9-18(10-12-20)15-23(4)17(3)21(24)22-19-8-6-7-16(2)14-19/h5-12,14,17H,1,13,15H2,2-4H3,(H,22,24)/p+1/t17-/m1/s1. The highest BCUT2D eigenvalue weighted by molar-refractivity contribution is 5.93. The predicted octanol–water partition coefficient (Wildman–Crippen LogP) is 2.60. The molecule has 0 bridgehead atoms. The lowest BCUT2D eigenvalue weighted by atomic mass is 10.1. The molecule has 4 nitrogen and oxygen atoms in total. The molecule has 0 heterocycles. The van der Waals surface area contributed by atoms with E-state index >= 15 is 0 Å². The Hall–Kier alpha value is -2.59. The van der Waals surface area contributed by atoms with Crippen LogP contribution in [0.3, 0.4) is 0 Å². The number of carbonyl (C=O) groups is 1. The minimum Gasteiger partial charge on any atom is -0.490 e. The normalized spacial score (nSPS) is 12.9. The molecule has 0 aromatic heterocycles. The highest BCUT2D eigenvalue weighted by Gasteiger charge is 2.22. The van der Waals surface area contributed by atoms with E-state index in [0.717, 1.165) is 28.4 Å². The van der Waals surface area contributed by atoms with Crippen LogP contribution in [0.1, 0.15) is 18.1 Å². The Balaban J connectivity index is 1.91. The van der Waals surface area contributed by atoms with Crippen LogP contribution in [0.4, 0.5) is 5.69 Å². The van der Waals surface area contributed by atoms with Gasteiger partial charge in [0.1, 0.15) is 18.9 Å². The molecule has 0 radical (unpaired) electrons. The number of likely N-dealkylation sites (N-methyl/N-ethyl adjacent to an activating group) is 1. The van der Waals surface area contributed by atoms with Crippen LogP contribution < -0.4 is 15.0 Å². The van der Waals surface area contributed by atoms with E-state index in [-0.39, 0.29) is 11.9 Å². The van der Waals surface area contributed by atoms with Gasteiger partial charge in [0.15, 0.2) is 6.04 Å². The van der Waals surface area contributed by atoms with Crippen molar-refractivity contribution in [3.8, 4) is 5.75 Å². The van der Waals surface area contributed by atoms with E-state index in [1.165, 1.54) is 5.56 Å². The number of rotatable bonds is 8. The fraction of sp³-hybridized carbons (Fsp3) is 0.286. The van der Waals surface area contributed by atoms with E-state index < -0.39 is 0 Å². The third kappa shape index (κ3) is 5.76. The number of ether oxygens (including phenoxy) is 1. The van der Waals surface area contributed by atoms with Crippen LogP contribution in [0.2, 0.25) is 0 Å². The molecular weight excluding hydrogens is 312 g/mol. The fourth-order valence-electron chi connectivity index (χ4n) is 2.53. The zero-order valence-corrected chi connectivity index (χ0v) is 15.2. The van der Waals surface area contributed by atoms with Gasteiger partial charge in [0.25, 0.3) is 5.91 Å². The van der Waals surface area contributed by atoms with Crippen molar-refractivity contribution in [2.24, 2.45) is 0 Å². The quantitative estimate of drug-likeness (QED) is 0.726. The first-order valence-electron chi connectivity index (χ1n) is 8.52. The summed E-state index contributed by atoms with van der Waals surface area (Å²) in [6.07, 6.45) is 1.72. The van der Waals surface area contributed by atoms with E-state index in [1.807, 2.05) is 69.4 Å². The average molecular weight is 339 g/mol. The van der Waals surface area contributed by atoms with Crippen molar-refractivity contribution < 1.29 is 14.4 Å². The van der Waals surface area contributed by atoms with Gasteiger partial charge in [0, 0.05) is 11.3 Å². The number of aryl methyl sites for hydroxylation is 1. The zero-order valence-electron chi connectivity index (χ0n) is 15.2. The van der Waals surface area contributed by atoms with Crippen LogP contribution in [0.5, 0.6) is 5.75 Å². The summed E-state index contributed by atoms with van der Waals surface area (Å²) in [5.74, 6) is 0.848. The number of hydrogen-bond donors (Lipinski definition) is 2. The van der Waals surface area contributed by atoms with Crippen LogP contribution in [-0.4, -0.2) is 25.6 Å². The summed E-state index contributed by atoms with van der Waals surface area (Å²) >= 11 is 0. The van der Waals surface area contributed by atoms with E-state index in [2.05, 4.69) is 11.9 Å². The van der Waals surface area contributed by atoms with Crippen LogP contribution in [0, 0.1) is 6.92 Å². The average Bonchev–Trinajstić information content (AvgIpc) is 2.60. The van der Waals surface area contributed by atoms with Crippen molar-refractivity contribution in [2.75, 3.05) is 19.0 Å². The molecule has 132 valence electrons. The van der Waals surface area contributed by atoms with Gasteiger partial charge in [-0.15, -0.1) is 0 Å². The minimum atomic E-state index is -0.155. The van der Waals surface area contributed by atoms with Gasteiger partial charge in [0.05, 0.1) is 7.05 Å². The molecule has 0 fully saturated rings. The number of quaternary nitrogens is 1. The Morgan fingerprint density at radius 2 is 2.00 bits per heavy atom. The first-order valence-corrected chi connectivity index (χ1v) is 8.52. The van der Waals surface area contributed by atoms with Gasteiger partial charge in [0.2, 0.25) is 0 Å². The number of anilines is 1. The summed E-state index contributed by atoms with van der Waals surface area (Å²) in [4.78, 5) is 13.6. The van der Waals surface area contributed by atoms with Crippen molar-refractivity contribution in [3.05, 3.63) is 72.3 Å². The summed E-state index contributed by atoms with van der Waals surface area (Å²) in [5.41, 5.74) is 3.14. The third-order valence-corrected chi connectivity index (χ3v) is 4.19. The van der Waals surface area contributed by atoms with E-state index in [9.17, 15) is 4.79 Å². The summed E-state index contributed by atoms with van der Waals surface area (Å²) in [5, 5.41) is 2.99. The molecule has 0 aliphatic heterocycles. The maximum atomic E-state index is 12.5. The van der Waals surface area contributed by atoms with Gasteiger partial charge in [-0.2, -0.15) is 0 Å². The molecule has 1 amide bonds. The molecule has 25 heavy (non-hydrogen) atoms. The number of benzene rings is 2. The number of carbonyl (C=O) groups excluding carboxylic acids is 1. The second-order valence-electron chi connectivity index (χ2n) is 6.35. The molecule has 2 rings (SSSR count). The SMILES string of the molecule is C=CCOc1ccc(C[NH+](C)[C@H](C)C(=O)Nc2cccc(C)c2)cc1. The van der Waals surface area contributed by atoms with Crippen molar-refractivity contribution in [3.63, 3.8) is 0 Å². The monoisotopic (exact) mass is 339 g/mol. The van der Waals surface area contributed by atoms with Crippen LogP contribution in [-0.2, 0) is 11.3 Å². The maximum Gasteiger partial charge on any atom is 0.282 e. The molecule has 4 heteroatoms. The molecule has 0 spiro atoms. The Morgan fingerprint density at radius 3 is 2.64 bits per heavy atom. The molecule has 0 aliphatic rings. The summed E-state index contributed by atoms with van der Waals surface area (Å²) in [6, 6.07) is 15.7. The van der Waals surface area contributed by atoms with Gasteiger partial charge < -0.3 is 15.0 Å². The van der Waals surface area contributed by atoms with Gasteiger partial charge >= 0.3 is 0 Å². The topological polar surface area (TPSA) is 42.8 Å². The zero-order chi connectivity index (χ0) is 18.2. The number of amides is 1. The maximum absolute atomic E-state index is 12.5. The highest BCUT2D eigenvalue weighted by Crippen LogP contribution is 2.12. The summed E-state index contributed by atoms with van der Waals surface area (Å²) in [6.45, 7) is 8.86. The van der Waals surface area contributed by atoms with E-state index in [4.69, 9.17) is 4.74 Å². The van der Waals surface area contributed by atoms with E-state index in [1.54, 1.807) is 6.08 Å². The van der Waals surface area contributed by atoms with Crippen LogP contribution in [0.15, 0.2) is 61.2 Å². The Kier molecular flexibility index (Phi) is 6.78. The largest absolute Gasteiger partial charge is 0.490 e. The summed E-state index contributed by atoms with van der Waals surface area (Å²) in [7, 11) is 2.03. The smallest absolute Gasteiger partial charge is 0.282 e. The van der Waals surface area contributed by atoms with Gasteiger partial charge in [-0.3, -0.25) is 4.79 Å². The Labute approximate surface area is 150 Å². The highest BCUT2D eigenvalue weighted by atomic mass is 16.5. The molecule has 0 aliphatic carbocycles. The molecule has 0 saturated heterocycles. The van der Waals surface area contributed by atoms with E-state index in [0.29, 0.717) is 6.61 Å². The van der Waals surface area contributed by atoms with Gasteiger partial charge in [-0.05, 0) is 55.8 Å². The molecule has 2 atom stereocenters. The second-order valence-corrected chi connectivity index (χ2v) is 6.35. The second kappa shape index (κ2) is 9.04. The van der Waals surface area contributed by atoms with Crippen molar-refractivity contribution in [1.82, 2.24) is 0 Å². The summed E-state index contributed by atoms with van der Waals surface area (Å²) < 4.78 is 5.49. The lowest BCUT2D eigenvalue weighted by Crippen LogP contribution is -3.12. The van der Waals surface area contributed by atoms with Gasteiger partial charge in [-0.25, -0.2) is 0 Å². The lowest BCUT2D eigenvalue weighted by Gasteiger charge is -2.21. The third-order valence-electron chi connectivity index (χ3n) is 4.19. The van der Waals surface area contributed by atoms with Crippen LogP contribution >= 0.6 is 0 Å².